The van der Waals surface area contributed by atoms with E-state index >= 15 is 0 Å². The van der Waals surface area contributed by atoms with E-state index in [0.29, 0.717) is 33.2 Å². The Hall–Kier alpha value is -4.37. The van der Waals surface area contributed by atoms with Crippen molar-refractivity contribution in [1.29, 1.82) is 0 Å². The van der Waals surface area contributed by atoms with Gasteiger partial charge < -0.3 is 15.7 Å². The highest BCUT2D eigenvalue weighted by molar-refractivity contribution is 7.85. The van der Waals surface area contributed by atoms with Crippen LogP contribution in [0, 0.1) is 0 Å². The fourth-order valence-corrected chi connectivity index (χ4v) is 4.90. The van der Waals surface area contributed by atoms with Crippen molar-refractivity contribution in [2.24, 2.45) is 0 Å². The van der Waals surface area contributed by atoms with Crippen LogP contribution in [0.1, 0.15) is 27.6 Å². The Bertz CT molecular complexity index is 1350. The third-order valence-corrected chi connectivity index (χ3v) is 6.74. The van der Waals surface area contributed by atoms with E-state index < -0.39 is 22.0 Å². The SMILES string of the molecule is O=C(O)CC(c1cccnc1)S(=O)c1cccc(NC(=O)c2cccc(Nc3ccccn3)c2)c1. The summed E-state index contributed by atoms with van der Waals surface area (Å²) >= 11 is 0. The Kier molecular flexibility index (Phi) is 7.59. The number of carboxylic acids is 1. The molecular formula is C26H22N4O4S. The second-order valence-electron chi connectivity index (χ2n) is 7.57. The molecule has 1 amide bonds. The Labute approximate surface area is 204 Å². The van der Waals surface area contributed by atoms with Crippen molar-refractivity contribution >= 4 is 39.9 Å². The highest BCUT2D eigenvalue weighted by Gasteiger charge is 2.24. The molecule has 9 heteroatoms. The van der Waals surface area contributed by atoms with E-state index in [9.17, 15) is 18.9 Å². The van der Waals surface area contributed by atoms with Crippen LogP contribution in [-0.2, 0) is 15.6 Å². The van der Waals surface area contributed by atoms with Crippen LogP contribution >= 0.6 is 0 Å². The lowest BCUT2D eigenvalue weighted by Crippen LogP contribution is -2.14. The number of aliphatic carboxylic acids is 1. The molecule has 2 aromatic heterocycles. The number of nitrogens with one attached hydrogen (secondary N) is 2. The number of anilines is 3. The molecule has 8 nitrogen and oxygen atoms in total. The maximum Gasteiger partial charge on any atom is 0.304 e. The van der Waals surface area contributed by atoms with Gasteiger partial charge in [-0.05, 0) is 60.2 Å². The number of nitrogens with zero attached hydrogens (tertiary/aromatic N) is 2. The van der Waals surface area contributed by atoms with E-state index in [-0.39, 0.29) is 12.3 Å². The molecule has 35 heavy (non-hydrogen) atoms. The van der Waals surface area contributed by atoms with Gasteiger partial charge in [-0.15, -0.1) is 0 Å². The predicted molar refractivity (Wildman–Crippen MR) is 134 cm³/mol. The van der Waals surface area contributed by atoms with E-state index in [0.717, 1.165) is 0 Å². The lowest BCUT2D eigenvalue weighted by Gasteiger charge is -2.16. The van der Waals surface area contributed by atoms with Crippen LogP contribution in [0.4, 0.5) is 17.2 Å². The highest BCUT2D eigenvalue weighted by Crippen LogP contribution is 2.29. The highest BCUT2D eigenvalue weighted by atomic mass is 32.2. The number of hydrogen-bond acceptors (Lipinski definition) is 6. The molecule has 2 atom stereocenters. The summed E-state index contributed by atoms with van der Waals surface area (Å²) in [7, 11) is -1.68. The summed E-state index contributed by atoms with van der Waals surface area (Å²) in [6.45, 7) is 0. The zero-order valence-corrected chi connectivity index (χ0v) is 19.3. The zero-order valence-electron chi connectivity index (χ0n) is 18.5. The Morgan fingerprint density at radius 1 is 0.914 bits per heavy atom. The topological polar surface area (TPSA) is 121 Å². The second kappa shape index (κ2) is 11.2. The van der Waals surface area contributed by atoms with Crippen LogP contribution in [-0.4, -0.2) is 31.2 Å². The van der Waals surface area contributed by atoms with Gasteiger partial charge in [-0.25, -0.2) is 4.98 Å². The molecule has 0 saturated carbocycles. The lowest BCUT2D eigenvalue weighted by atomic mass is 10.1. The van der Waals surface area contributed by atoms with Gasteiger partial charge in [-0.1, -0.05) is 24.3 Å². The minimum Gasteiger partial charge on any atom is -0.481 e. The van der Waals surface area contributed by atoms with Gasteiger partial charge in [0.05, 0.1) is 22.5 Å². The lowest BCUT2D eigenvalue weighted by molar-refractivity contribution is -0.137. The fourth-order valence-electron chi connectivity index (χ4n) is 3.43. The van der Waals surface area contributed by atoms with Gasteiger partial charge in [0.2, 0.25) is 0 Å². The van der Waals surface area contributed by atoms with E-state index in [4.69, 9.17) is 0 Å². The van der Waals surface area contributed by atoms with Crippen LogP contribution in [0.3, 0.4) is 0 Å². The number of rotatable bonds is 9. The molecule has 0 aliphatic carbocycles. The van der Waals surface area contributed by atoms with Crippen molar-refractivity contribution in [2.75, 3.05) is 10.6 Å². The summed E-state index contributed by atoms with van der Waals surface area (Å²) in [5.41, 5.74) is 2.15. The number of hydrogen-bond donors (Lipinski definition) is 3. The van der Waals surface area contributed by atoms with Gasteiger partial charge in [0, 0.05) is 40.4 Å². The smallest absolute Gasteiger partial charge is 0.304 e. The monoisotopic (exact) mass is 486 g/mol. The molecule has 3 N–H and O–H groups in total. The van der Waals surface area contributed by atoms with Crippen LogP contribution in [0.2, 0.25) is 0 Å². The summed E-state index contributed by atoms with van der Waals surface area (Å²) in [5, 5.41) is 14.5. The molecule has 4 aromatic rings. The largest absolute Gasteiger partial charge is 0.481 e. The minimum absolute atomic E-state index is 0.315. The second-order valence-corrected chi connectivity index (χ2v) is 9.21. The van der Waals surface area contributed by atoms with Crippen molar-refractivity contribution in [2.45, 2.75) is 16.6 Å². The maximum absolute atomic E-state index is 13.3. The number of carbonyl (C=O) groups excluding carboxylic acids is 1. The molecule has 0 saturated heterocycles. The number of amides is 1. The molecular weight excluding hydrogens is 464 g/mol. The average molecular weight is 487 g/mol. The average Bonchev–Trinajstić information content (AvgIpc) is 2.88. The summed E-state index contributed by atoms with van der Waals surface area (Å²) in [6, 6.07) is 22.5. The van der Waals surface area contributed by atoms with Crippen molar-refractivity contribution in [3.05, 3.63) is 109 Å². The van der Waals surface area contributed by atoms with Gasteiger partial charge in [0.25, 0.3) is 5.91 Å². The normalized spacial score (nSPS) is 12.3. The van der Waals surface area contributed by atoms with Crippen LogP contribution < -0.4 is 10.6 Å². The van der Waals surface area contributed by atoms with Crippen LogP contribution in [0.25, 0.3) is 0 Å². The fraction of sp³-hybridized carbons (Fsp3) is 0.0769. The third kappa shape index (κ3) is 6.36. The third-order valence-electron chi connectivity index (χ3n) is 5.06. The first-order valence-electron chi connectivity index (χ1n) is 10.7. The predicted octanol–water partition coefficient (Wildman–Crippen LogP) is 4.80. The van der Waals surface area contributed by atoms with E-state index in [1.807, 2.05) is 24.3 Å². The van der Waals surface area contributed by atoms with Crippen molar-refractivity contribution < 1.29 is 18.9 Å². The first kappa shape index (κ1) is 23.8. The standard InChI is InChI=1S/C26H22N4O4S/c31-25(32)16-23(19-7-5-12-27-17-19)35(34)22-10-4-9-21(15-22)30-26(33)18-6-3-8-20(14-18)29-24-11-1-2-13-28-24/h1-15,17,23H,16H2,(H,28,29)(H,30,33)(H,31,32). The maximum atomic E-state index is 13.3. The number of benzene rings is 2. The van der Waals surface area contributed by atoms with Crippen LogP contribution in [0.5, 0.6) is 0 Å². The summed E-state index contributed by atoms with van der Waals surface area (Å²) < 4.78 is 13.3. The van der Waals surface area contributed by atoms with Gasteiger partial charge in [-0.2, -0.15) is 0 Å². The molecule has 0 aliphatic rings. The zero-order chi connectivity index (χ0) is 24.6. The molecule has 0 aliphatic heterocycles. The number of carbonyl (C=O) groups is 2. The van der Waals surface area contributed by atoms with Gasteiger partial charge in [0.1, 0.15) is 5.82 Å². The number of pyridine rings is 2. The molecule has 2 aromatic carbocycles. The molecule has 0 radical (unpaired) electrons. The molecule has 0 fully saturated rings. The van der Waals surface area contributed by atoms with Crippen LogP contribution in [0.15, 0.2) is 102 Å². The Balaban J connectivity index is 1.51. The first-order valence-corrected chi connectivity index (χ1v) is 11.9. The van der Waals surface area contributed by atoms with Gasteiger partial charge in [-0.3, -0.25) is 18.8 Å². The van der Waals surface area contributed by atoms with Gasteiger partial charge in [0.15, 0.2) is 0 Å². The molecule has 0 spiro atoms. The summed E-state index contributed by atoms with van der Waals surface area (Å²) in [6.07, 6.45) is 4.44. The minimum atomic E-state index is -1.68. The molecule has 2 heterocycles. The molecule has 0 bridgehead atoms. The van der Waals surface area contributed by atoms with E-state index in [1.54, 1.807) is 67.0 Å². The number of aromatic nitrogens is 2. The molecule has 176 valence electrons. The Morgan fingerprint density at radius 2 is 1.74 bits per heavy atom. The quantitative estimate of drug-likeness (QED) is 0.311. The molecule has 4 rings (SSSR count). The number of carboxylic acid groups (broad SMARTS) is 1. The summed E-state index contributed by atoms with van der Waals surface area (Å²) in [5.74, 6) is -0.743. The van der Waals surface area contributed by atoms with E-state index in [2.05, 4.69) is 20.6 Å². The van der Waals surface area contributed by atoms with Gasteiger partial charge >= 0.3 is 5.97 Å². The summed E-state index contributed by atoms with van der Waals surface area (Å²) in [4.78, 5) is 32.9. The van der Waals surface area contributed by atoms with Crippen molar-refractivity contribution in [3.8, 4) is 0 Å². The molecule has 2 unspecified atom stereocenters. The van der Waals surface area contributed by atoms with Crippen molar-refractivity contribution in [3.63, 3.8) is 0 Å². The Morgan fingerprint density at radius 3 is 2.49 bits per heavy atom. The van der Waals surface area contributed by atoms with E-state index in [1.165, 1.54) is 6.20 Å². The van der Waals surface area contributed by atoms with Crippen molar-refractivity contribution in [1.82, 2.24) is 9.97 Å². The first-order chi connectivity index (χ1) is 17.0.